The maximum atomic E-state index is 11.2. The summed E-state index contributed by atoms with van der Waals surface area (Å²) in [5.74, 6) is 3.66. The highest BCUT2D eigenvalue weighted by molar-refractivity contribution is 6.67. The van der Waals surface area contributed by atoms with E-state index < -0.39 is 0 Å². The number of carbonyl (C=O) groups is 1. The van der Waals surface area contributed by atoms with Gasteiger partial charge in [-0.05, 0) is 91.5 Å². The van der Waals surface area contributed by atoms with Crippen molar-refractivity contribution in [3.8, 4) is 0 Å². The van der Waals surface area contributed by atoms with Crippen molar-refractivity contribution < 1.29 is 4.79 Å². The van der Waals surface area contributed by atoms with Gasteiger partial charge in [0.2, 0.25) is 0 Å². The number of rotatable bonds is 5. The smallest absolute Gasteiger partial charge is 0.252 e. The van der Waals surface area contributed by atoms with Crippen molar-refractivity contribution in [2.24, 2.45) is 17.8 Å². The predicted octanol–water partition coefficient (Wildman–Crippen LogP) is 6.95. The van der Waals surface area contributed by atoms with Gasteiger partial charge in [0, 0.05) is 5.56 Å². The second kappa shape index (κ2) is 8.52. The Morgan fingerprint density at radius 1 is 0.917 bits per heavy atom. The average molecular weight is 347 g/mol. The number of carbonyl (C=O) groups excluding carboxylic acids is 1. The summed E-state index contributed by atoms with van der Waals surface area (Å²) in [5.41, 5.74) is 2.00. The van der Waals surface area contributed by atoms with E-state index in [-0.39, 0.29) is 5.24 Å². The van der Waals surface area contributed by atoms with Gasteiger partial charge in [0.1, 0.15) is 0 Å². The molecule has 2 aliphatic rings. The van der Waals surface area contributed by atoms with E-state index in [4.69, 9.17) is 11.6 Å². The Balaban J connectivity index is 1.48. The van der Waals surface area contributed by atoms with Gasteiger partial charge >= 0.3 is 0 Å². The first-order chi connectivity index (χ1) is 11.7. The van der Waals surface area contributed by atoms with Gasteiger partial charge in [-0.15, -0.1) is 0 Å². The summed E-state index contributed by atoms with van der Waals surface area (Å²) in [6, 6.07) is 7.98. The van der Waals surface area contributed by atoms with Gasteiger partial charge in [-0.2, -0.15) is 0 Å². The van der Waals surface area contributed by atoms with Crippen molar-refractivity contribution in [3.05, 3.63) is 35.4 Å². The molecule has 2 heteroatoms. The zero-order valence-electron chi connectivity index (χ0n) is 15.0. The van der Waals surface area contributed by atoms with Crippen LogP contribution in [0.1, 0.15) is 93.0 Å². The Kier molecular flexibility index (Phi) is 6.38. The summed E-state index contributed by atoms with van der Waals surface area (Å²) in [5, 5.41) is -0.357. The Morgan fingerprint density at radius 2 is 1.46 bits per heavy atom. The van der Waals surface area contributed by atoms with Crippen molar-refractivity contribution in [3.63, 3.8) is 0 Å². The summed E-state index contributed by atoms with van der Waals surface area (Å²) in [4.78, 5) is 11.2. The predicted molar refractivity (Wildman–Crippen MR) is 102 cm³/mol. The van der Waals surface area contributed by atoms with Crippen molar-refractivity contribution in [2.45, 2.75) is 77.0 Å². The third-order valence-electron chi connectivity index (χ3n) is 6.64. The first kappa shape index (κ1) is 18.0. The van der Waals surface area contributed by atoms with E-state index in [1.165, 1.54) is 69.8 Å². The third-order valence-corrected chi connectivity index (χ3v) is 6.85. The van der Waals surface area contributed by atoms with Crippen molar-refractivity contribution in [2.75, 3.05) is 0 Å². The molecule has 0 aromatic heterocycles. The monoisotopic (exact) mass is 346 g/mol. The van der Waals surface area contributed by atoms with Gasteiger partial charge in [-0.3, -0.25) is 4.79 Å². The molecule has 0 atom stereocenters. The fourth-order valence-electron chi connectivity index (χ4n) is 5.17. The maximum Gasteiger partial charge on any atom is 0.252 e. The fourth-order valence-corrected chi connectivity index (χ4v) is 5.29. The molecule has 2 fully saturated rings. The molecule has 0 heterocycles. The molecule has 0 radical (unpaired) electrons. The summed E-state index contributed by atoms with van der Waals surface area (Å²) in [6.07, 6.45) is 14.1. The van der Waals surface area contributed by atoms with Crippen molar-refractivity contribution >= 4 is 16.8 Å². The zero-order chi connectivity index (χ0) is 16.9. The Hall–Kier alpha value is -0.820. The molecule has 24 heavy (non-hydrogen) atoms. The Labute approximate surface area is 152 Å². The van der Waals surface area contributed by atoms with E-state index in [1.807, 2.05) is 12.1 Å². The van der Waals surface area contributed by atoms with Crippen LogP contribution in [0.15, 0.2) is 24.3 Å². The first-order valence-corrected chi connectivity index (χ1v) is 10.3. The molecule has 0 N–H and O–H groups in total. The molecule has 1 nitrogen and oxygen atoms in total. The van der Waals surface area contributed by atoms with Gasteiger partial charge in [0.15, 0.2) is 0 Å². The van der Waals surface area contributed by atoms with Gasteiger partial charge < -0.3 is 0 Å². The summed E-state index contributed by atoms with van der Waals surface area (Å²) in [6.45, 7) is 2.32. The Bertz CT molecular complexity index is 519. The van der Waals surface area contributed by atoms with Crippen LogP contribution in [-0.4, -0.2) is 5.24 Å². The molecule has 3 rings (SSSR count). The minimum Gasteiger partial charge on any atom is -0.276 e. The lowest BCUT2D eigenvalue weighted by molar-refractivity contribution is 0.108. The molecule has 1 aromatic carbocycles. The highest BCUT2D eigenvalue weighted by Gasteiger charge is 2.31. The van der Waals surface area contributed by atoms with Crippen LogP contribution in [0.2, 0.25) is 0 Å². The minimum absolute atomic E-state index is 0.357. The van der Waals surface area contributed by atoms with Crippen LogP contribution in [0, 0.1) is 17.8 Å². The first-order valence-electron chi connectivity index (χ1n) is 9.97. The molecule has 0 aliphatic heterocycles. The number of hydrogen-bond acceptors (Lipinski definition) is 1. The van der Waals surface area contributed by atoms with E-state index in [0.29, 0.717) is 11.5 Å². The average Bonchev–Trinajstić information content (AvgIpc) is 2.63. The highest BCUT2D eigenvalue weighted by atomic mass is 35.5. The Morgan fingerprint density at radius 3 is 1.96 bits per heavy atom. The van der Waals surface area contributed by atoms with Crippen LogP contribution >= 0.6 is 11.6 Å². The maximum absolute atomic E-state index is 11.2. The molecular formula is C22H31ClO. The van der Waals surface area contributed by atoms with Gasteiger partial charge in [0.25, 0.3) is 5.24 Å². The van der Waals surface area contributed by atoms with Crippen LogP contribution in [0.5, 0.6) is 0 Å². The van der Waals surface area contributed by atoms with E-state index in [2.05, 4.69) is 19.1 Å². The molecule has 2 aliphatic carbocycles. The lowest BCUT2D eigenvalue weighted by Crippen LogP contribution is -2.25. The summed E-state index contributed by atoms with van der Waals surface area (Å²) < 4.78 is 0. The van der Waals surface area contributed by atoms with Crippen LogP contribution in [0.4, 0.5) is 0 Å². The molecule has 0 bridgehead atoms. The third kappa shape index (κ3) is 4.42. The second-order valence-electron chi connectivity index (χ2n) is 8.08. The standard InChI is InChI=1S/C22H31ClO/c1-2-3-16-4-6-17(7-5-16)18-8-10-19(11-9-18)20-12-14-21(15-13-20)22(23)24/h12-19H,2-11H2,1H3. The van der Waals surface area contributed by atoms with Gasteiger partial charge in [0.05, 0.1) is 0 Å². The molecule has 0 unspecified atom stereocenters. The van der Waals surface area contributed by atoms with Crippen LogP contribution in [0.25, 0.3) is 0 Å². The summed E-state index contributed by atoms with van der Waals surface area (Å²) in [7, 11) is 0. The van der Waals surface area contributed by atoms with E-state index >= 15 is 0 Å². The van der Waals surface area contributed by atoms with Crippen LogP contribution < -0.4 is 0 Å². The van der Waals surface area contributed by atoms with Gasteiger partial charge in [-0.25, -0.2) is 0 Å². The minimum atomic E-state index is -0.357. The lowest BCUT2D eigenvalue weighted by atomic mass is 9.68. The highest BCUT2D eigenvalue weighted by Crippen LogP contribution is 2.44. The molecular weight excluding hydrogens is 316 g/mol. The normalized spacial score (nSPS) is 30.9. The molecule has 132 valence electrons. The van der Waals surface area contributed by atoms with E-state index in [0.717, 1.165) is 17.8 Å². The molecule has 0 amide bonds. The number of halogens is 1. The van der Waals surface area contributed by atoms with E-state index in [1.54, 1.807) is 0 Å². The molecule has 2 saturated carbocycles. The van der Waals surface area contributed by atoms with Crippen molar-refractivity contribution in [1.29, 1.82) is 0 Å². The van der Waals surface area contributed by atoms with Gasteiger partial charge in [-0.1, -0.05) is 44.7 Å². The second-order valence-corrected chi connectivity index (χ2v) is 8.42. The molecule has 0 saturated heterocycles. The molecule has 1 aromatic rings. The zero-order valence-corrected chi connectivity index (χ0v) is 15.7. The van der Waals surface area contributed by atoms with Crippen LogP contribution in [0.3, 0.4) is 0 Å². The van der Waals surface area contributed by atoms with Crippen LogP contribution in [-0.2, 0) is 0 Å². The number of hydrogen-bond donors (Lipinski definition) is 0. The number of benzene rings is 1. The quantitative estimate of drug-likeness (QED) is 0.527. The molecule has 0 spiro atoms. The van der Waals surface area contributed by atoms with Crippen molar-refractivity contribution in [1.82, 2.24) is 0 Å². The SMILES string of the molecule is CCCC1CCC(C2CCC(c3ccc(C(=O)Cl)cc3)CC2)CC1. The lowest BCUT2D eigenvalue weighted by Gasteiger charge is -2.38. The fraction of sp³-hybridized carbons (Fsp3) is 0.682. The topological polar surface area (TPSA) is 17.1 Å². The van der Waals surface area contributed by atoms with E-state index in [9.17, 15) is 4.79 Å². The largest absolute Gasteiger partial charge is 0.276 e. The summed E-state index contributed by atoms with van der Waals surface area (Å²) >= 11 is 5.54.